The Kier molecular flexibility index (Phi) is 3.43. The second-order valence-corrected chi connectivity index (χ2v) is 3.77. The second-order valence-electron chi connectivity index (χ2n) is 2.98. The highest BCUT2D eigenvalue weighted by Gasteiger charge is 2.28. The van der Waals surface area contributed by atoms with E-state index in [2.05, 4.69) is 9.59 Å². The van der Waals surface area contributed by atoms with Gasteiger partial charge in [-0.15, -0.1) is 5.10 Å². The third-order valence-electron chi connectivity index (χ3n) is 1.76. The van der Waals surface area contributed by atoms with Crippen molar-refractivity contribution >= 4 is 11.5 Å². The number of aromatic nitrogens is 2. The minimum atomic E-state index is -4.15. The van der Waals surface area contributed by atoms with Crippen molar-refractivity contribution in [1.82, 2.24) is 9.59 Å². The zero-order valence-electron chi connectivity index (χ0n) is 7.51. The molecule has 1 rings (SSSR count). The van der Waals surface area contributed by atoms with Crippen molar-refractivity contribution in [3.8, 4) is 0 Å². The van der Waals surface area contributed by atoms with Gasteiger partial charge >= 0.3 is 6.18 Å². The number of aryl methyl sites for hydroxylation is 1. The van der Waals surface area contributed by atoms with Crippen LogP contribution in [0.25, 0.3) is 0 Å². The van der Waals surface area contributed by atoms with Gasteiger partial charge < -0.3 is 5.73 Å². The fourth-order valence-corrected chi connectivity index (χ4v) is 1.70. The van der Waals surface area contributed by atoms with Gasteiger partial charge in [0.2, 0.25) is 0 Å². The van der Waals surface area contributed by atoms with Crippen molar-refractivity contribution in [3.63, 3.8) is 0 Å². The molecule has 80 valence electrons. The first kappa shape index (κ1) is 11.4. The molecule has 0 bridgehead atoms. The van der Waals surface area contributed by atoms with Gasteiger partial charge in [0.15, 0.2) is 0 Å². The van der Waals surface area contributed by atoms with E-state index >= 15 is 0 Å². The van der Waals surface area contributed by atoms with E-state index in [0.29, 0.717) is 10.6 Å². The van der Waals surface area contributed by atoms with Gasteiger partial charge in [0.25, 0.3) is 0 Å². The van der Waals surface area contributed by atoms with E-state index < -0.39 is 18.6 Å². The molecule has 3 nitrogen and oxygen atoms in total. The number of hydrogen-bond acceptors (Lipinski definition) is 4. The Bertz CT molecular complexity index is 297. The second kappa shape index (κ2) is 4.22. The molecule has 0 spiro atoms. The number of nitrogens with zero attached hydrogens (tertiary/aromatic N) is 2. The lowest BCUT2D eigenvalue weighted by molar-refractivity contribution is -0.136. The Morgan fingerprint density at radius 3 is 2.57 bits per heavy atom. The van der Waals surface area contributed by atoms with E-state index in [0.717, 1.165) is 11.5 Å². The quantitative estimate of drug-likeness (QED) is 0.857. The average molecular weight is 225 g/mol. The summed E-state index contributed by atoms with van der Waals surface area (Å²) < 4.78 is 39.2. The van der Waals surface area contributed by atoms with Crippen molar-refractivity contribution in [2.24, 2.45) is 5.73 Å². The Hall–Kier alpha value is -0.690. The van der Waals surface area contributed by atoms with Gasteiger partial charge in [-0.25, -0.2) is 0 Å². The Morgan fingerprint density at radius 2 is 2.14 bits per heavy atom. The Balaban J connectivity index is 2.51. The van der Waals surface area contributed by atoms with Crippen LogP contribution in [0, 0.1) is 6.92 Å². The zero-order chi connectivity index (χ0) is 10.8. The number of alkyl halides is 3. The minimum absolute atomic E-state index is 0.117. The van der Waals surface area contributed by atoms with Crippen LogP contribution < -0.4 is 5.73 Å². The van der Waals surface area contributed by atoms with E-state index in [-0.39, 0.29) is 6.42 Å². The molecule has 1 unspecified atom stereocenters. The molecule has 0 saturated heterocycles. The lowest BCUT2D eigenvalue weighted by atomic mass is 10.1. The summed E-state index contributed by atoms with van der Waals surface area (Å²) in [7, 11) is 0. The Morgan fingerprint density at radius 1 is 1.50 bits per heavy atom. The number of nitrogens with two attached hydrogens (primary N) is 1. The molecule has 1 aromatic heterocycles. The van der Waals surface area contributed by atoms with Gasteiger partial charge in [0.05, 0.1) is 10.6 Å². The first-order chi connectivity index (χ1) is 6.40. The molecule has 0 aliphatic rings. The highest BCUT2D eigenvalue weighted by atomic mass is 32.1. The molecule has 0 amide bonds. The molecule has 14 heavy (non-hydrogen) atoms. The summed E-state index contributed by atoms with van der Waals surface area (Å²) in [5, 5.41) is 3.69. The van der Waals surface area contributed by atoms with Crippen LogP contribution in [0.1, 0.15) is 29.5 Å². The standard InChI is InChI=1S/C7H10F3N3S/c1-4-6(14-13-12-4)5(11)2-3-7(8,9)10/h5H,2-3,11H2,1H3. The van der Waals surface area contributed by atoms with Gasteiger partial charge in [-0.3, -0.25) is 0 Å². The van der Waals surface area contributed by atoms with Gasteiger partial charge in [-0.2, -0.15) is 13.2 Å². The van der Waals surface area contributed by atoms with Crippen molar-refractivity contribution < 1.29 is 13.2 Å². The molecule has 1 heterocycles. The molecule has 2 N–H and O–H groups in total. The summed E-state index contributed by atoms with van der Waals surface area (Å²) in [6, 6.07) is -0.614. The van der Waals surface area contributed by atoms with Crippen LogP contribution in [0.3, 0.4) is 0 Å². The van der Waals surface area contributed by atoms with Gasteiger partial charge in [-0.1, -0.05) is 4.49 Å². The lowest BCUT2D eigenvalue weighted by Gasteiger charge is -2.11. The zero-order valence-corrected chi connectivity index (χ0v) is 8.32. The molecule has 0 aliphatic carbocycles. The van der Waals surface area contributed by atoms with E-state index in [9.17, 15) is 13.2 Å². The molecular formula is C7H10F3N3S. The highest BCUT2D eigenvalue weighted by molar-refractivity contribution is 7.05. The average Bonchev–Trinajstić information content (AvgIpc) is 2.46. The van der Waals surface area contributed by atoms with Crippen LogP contribution in [0.2, 0.25) is 0 Å². The monoisotopic (exact) mass is 225 g/mol. The van der Waals surface area contributed by atoms with Crippen molar-refractivity contribution in [2.75, 3.05) is 0 Å². The molecule has 7 heteroatoms. The largest absolute Gasteiger partial charge is 0.389 e. The van der Waals surface area contributed by atoms with E-state index in [1.165, 1.54) is 0 Å². The maximum atomic E-state index is 11.9. The van der Waals surface area contributed by atoms with E-state index in [1.807, 2.05) is 0 Å². The summed E-state index contributed by atoms with van der Waals surface area (Å²) in [5.74, 6) is 0. The number of hydrogen-bond donors (Lipinski definition) is 1. The van der Waals surface area contributed by atoms with Crippen LogP contribution in [0.4, 0.5) is 13.2 Å². The van der Waals surface area contributed by atoms with E-state index in [4.69, 9.17) is 5.73 Å². The predicted octanol–water partition coefficient (Wildman–Crippen LogP) is 2.19. The van der Waals surface area contributed by atoms with Crippen LogP contribution >= 0.6 is 11.5 Å². The van der Waals surface area contributed by atoms with Crippen molar-refractivity contribution in [3.05, 3.63) is 10.6 Å². The van der Waals surface area contributed by atoms with Crippen LogP contribution in [-0.4, -0.2) is 15.8 Å². The molecule has 1 atom stereocenters. The smallest absolute Gasteiger partial charge is 0.323 e. The van der Waals surface area contributed by atoms with Crippen molar-refractivity contribution in [2.45, 2.75) is 32.0 Å². The van der Waals surface area contributed by atoms with Crippen molar-refractivity contribution in [1.29, 1.82) is 0 Å². The van der Waals surface area contributed by atoms with Crippen LogP contribution in [0.5, 0.6) is 0 Å². The summed E-state index contributed by atoms with van der Waals surface area (Å²) in [4.78, 5) is 0.634. The maximum absolute atomic E-state index is 11.9. The molecule has 0 aliphatic heterocycles. The summed E-state index contributed by atoms with van der Waals surface area (Å²) in [5.41, 5.74) is 6.19. The molecule has 0 saturated carbocycles. The normalized spacial score (nSPS) is 14.4. The fourth-order valence-electron chi connectivity index (χ4n) is 1.03. The number of rotatable bonds is 3. The third-order valence-corrected chi connectivity index (χ3v) is 2.72. The lowest BCUT2D eigenvalue weighted by Crippen LogP contribution is -2.15. The molecule has 0 radical (unpaired) electrons. The van der Waals surface area contributed by atoms with Gasteiger partial charge in [-0.05, 0) is 24.9 Å². The molecule has 1 aromatic rings. The molecule has 0 aromatic carbocycles. The third kappa shape index (κ3) is 3.22. The van der Waals surface area contributed by atoms with E-state index in [1.54, 1.807) is 6.92 Å². The first-order valence-electron chi connectivity index (χ1n) is 4.01. The Labute approximate surface area is 83.3 Å². The van der Waals surface area contributed by atoms with Crippen LogP contribution in [0.15, 0.2) is 0 Å². The summed E-state index contributed by atoms with van der Waals surface area (Å²) in [6.45, 7) is 1.69. The molecular weight excluding hydrogens is 215 g/mol. The summed E-state index contributed by atoms with van der Waals surface area (Å²) in [6.07, 6.45) is -5.14. The maximum Gasteiger partial charge on any atom is 0.389 e. The summed E-state index contributed by atoms with van der Waals surface area (Å²) >= 11 is 1.05. The van der Waals surface area contributed by atoms with Gasteiger partial charge in [0.1, 0.15) is 0 Å². The topological polar surface area (TPSA) is 51.8 Å². The van der Waals surface area contributed by atoms with Gasteiger partial charge in [0, 0.05) is 12.5 Å². The SMILES string of the molecule is Cc1nnsc1C(N)CCC(F)(F)F. The number of halogens is 3. The predicted molar refractivity (Wildman–Crippen MR) is 46.9 cm³/mol. The fraction of sp³-hybridized carbons (Fsp3) is 0.714. The minimum Gasteiger partial charge on any atom is -0.323 e. The first-order valence-corrected chi connectivity index (χ1v) is 4.78. The molecule has 0 fully saturated rings. The van der Waals surface area contributed by atoms with Crippen LogP contribution in [-0.2, 0) is 0 Å². The highest BCUT2D eigenvalue weighted by Crippen LogP contribution is 2.28.